The third-order valence-electron chi connectivity index (χ3n) is 4.42. The molecule has 0 aromatic rings. The van der Waals surface area contributed by atoms with E-state index in [9.17, 15) is 9.59 Å². The first-order valence-electron chi connectivity index (χ1n) is 8.80. The highest BCUT2D eigenvalue weighted by molar-refractivity contribution is 5.91. The molecule has 0 saturated heterocycles. The number of hydrogen-bond acceptors (Lipinski definition) is 3. The maximum Gasteiger partial charge on any atom is 0.407 e. The first-order chi connectivity index (χ1) is 10.4. The number of rotatable bonds is 12. The summed E-state index contributed by atoms with van der Waals surface area (Å²) in [6.45, 7) is 8.17. The van der Waals surface area contributed by atoms with Crippen LogP contribution in [0.4, 0.5) is 4.79 Å². The van der Waals surface area contributed by atoms with Gasteiger partial charge in [-0.1, -0.05) is 65.7 Å². The lowest BCUT2D eigenvalue weighted by atomic mass is 9.74. The van der Waals surface area contributed by atoms with E-state index in [0.29, 0.717) is 0 Å². The fourth-order valence-corrected chi connectivity index (χ4v) is 2.90. The second-order valence-corrected chi connectivity index (χ2v) is 6.55. The number of ketones is 1. The van der Waals surface area contributed by atoms with Gasteiger partial charge in [0, 0.05) is 5.41 Å². The fraction of sp³-hybridized carbons (Fsp3) is 0.889. The molecule has 1 N–H and O–H groups in total. The molecule has 0 aromatic heterocycles. The number of ether oxygens (including phenoxy) is 1. The Morgan fingerprint density at radius 2 is 1.50 bits per heavy atom. The lowest BCUT2D eigenvalue weighted by Gasteiger charge is -2.31. The van der Waals surface area contributed by atoms with Crippen LogP contribution < -0.4 is 5.32 Å². The number of unbranched alkanes of at least 4 members (excludes halogenated alkanes) is 5. The number of amides is 1. The highest BCUT2D eigenvalue weighted by atomic mass is 16.5. The highest BCUT2D eigenvalue weighted by Crippen LogP contribution is 2.33. The smallest absolute Gasteiger partial charge is 0.407 e. The molecule has 0 aromatic carbocycles. The molecular weight excluding hydrogens is 278 g/mol. The fourth-order valence-electron chi connectivity index (χ4n) is 2.90. The van der Waals surface area contributed by atoms with Gasteiger partial charge in [-0.05, 0) is 19.8 Å². The first kappa shape index (κ1) is 20.9. The van der Waals surface area contributed by atoms with Crippen LogP contribution in [0, 0.1) is 5.41 Å². The number of nitrogens with one attached hydrogen (secondary N) is 1. The van der Waals surface area contributed by atoms with E-state index in [0.717, 1.165) is 38.5 Å². The minimum absolute atomic E-state index is 0.130. The number of Topliss-reactive ketones (excluding diaryl/α,β-unsaturated/α-hetero) is 1. The SMILES string of the molecule is CCCCCCC(C)(CCCCC)C(=O)[C@@H](C)NC(=O)OC. The molecule has 0 saturated carbocycles. The molecular formula is C18H35NO3. The van der Waals surface area contributed by atoms with E-state index < -0.39 is 12.1 Å². The number of carbonyl (C=O) groups excluding carboxylic acids is 2. The Morgan fingerprint density at radius 1 is 1.00 bits per heavy atom. The topological polar surface area (TPSA) is 55.4 Å². The van der Waals surface area contributed by atoms with Crippen LogP contribution in [0.3, 0.4) is 0 Å². The van der Waals surface area contributed by atoms with Crippen molar-refractivity contribution in [1.82, 2.24) is 5.32 Å². The van der Waals surface area contributed by atoms with Crippen LogP contribution in [0.5, 0.6) is 0 Å². The van der Waals surface area contributed by atoms with E-state index >= 15 is 0 Å². The number of methoxy groups -OCH3 is 1. The van der Waals surface area contributed by atoms with E-state index in [1.807, 2.05) is 0 Å². The van der Waals surface area contributed by atoms with E-state index in [1.54, 1.807) is 6.92 Å². The zero-order valence-corrected chi connectivity index (χ0v) is 15.2. The predicted molar refractivity (Wildman–Crippen MR) is 91.0 cm³/mol. The molecule has 1 unspecified atom stereocenters. The Balaban J connectivity index is 4.71. The van der Waals surface area contributed by atoms with Gasteiger partial charge >= 0.3 is 6.09 Å². The Morgan fingerprint density at radius 3 is 2.00 bits per heavy atom. The maximum absolute atomic E-state index is 12.8. The Bertz CT molecular complexity index is 330. The predicted octanol–water partition coefficient (Wildman–Crippen LogP) is 4.86. The summed E-state index contributed by atoms with van der Waals surface area (Å²) >= 11 is 0. The number of carbonyl (C=O) groups is 2. The normalized spacial score (nSPS) is 15.0. The second kappa shape index (κ2) is 11.5. The zero-order valence-electron chi connectivity index (χ0n) is 15.2. The third kappa shape index (κ3) is 7.81. The van der Waals surface area contributed by atoms with Gasteiger partial charge in [-0.25, -0.2) is 4.79 Å². The molecule has 0 aliphatic heterocycles. The van der Waals surface area contributed by atoms with Crippen molar-refractivity contribution in [2.75, 3.05) is 7.11 Å². The molecule has 0 heterocycles. The molecule has 0 fully saturated rings. The van der Waals surface area contributed by atoms with Gasteiger partial charge in [0.1, 0.15) is 0 Å². The van der Waals surface area contributed by atoms with Gasteiger partial charge in [0.05, 0.1) is 13.2 Å². The van der Waals surface area contributed by atoms with Crippen molar-refractivity contribution < 1.29 is 14.3 Å². The van der Waals surface area contributed by atoms with Gasteiger partial charge in [0.2, 0.25) is 0 Å². The third-order valence-corrected chi connectivity index (χ3v) is 4.42. The van der Waals surface area contributed by atoms with E-state index in [4.69, 9.17) is 0 Å². The van der Waals surface area contributed by atoms with Crippen LogP contribution in [0.2, 0.25) is 0 Å². The lowest BCUT2D eigenvalue weighted by Crippen LogP contribution is -2.45. The summed E-state index contributed by atoms with van der Waals surface area (Å²) in [5.74, 6) is 0.130. The summed E-state index contributed by atoms with van der Waals surface area (Å²) < 4.78 is 4.59. The van der Waals surface area contributed by atoms with Crippen molar-refractivity contribution in [1.29, 1.82) is 0 Å². The first-order valence-corrected chi connectivity index (χ1v) is 8.80. The summed E-state index contributed by atoms with van der Waals surface area (Å²) in [4.78, 5) is 24.1. The van der Waals surface area contributed by atoms with Crippen molar-refractivity contribution >= 4 is 11.9 Å². The highest BCUT2D eigenvalue weighted by Gasteiger charge is 2.35. The minimum atomic E-state index is -0.539. The van der Waals surface area contributed by atoms with E-state index in [1.165, 1.54) is 26.4 Å². The van der Waals surface area contributed by atoms with Crippen molar-refractivity contribution in [2.45, 2.75) is 91.5 Å². The lowest BCUT2D eigenvalue weighted by molar-refractivity contribution is -0.130. The van der Waals surface area contributed by atoms with Crippen molar-refractivity contribution in [3.05, 3.63) is 0 Å². The molecule has 4 nitrogen and oxygen atoms in total. The summed E-state index contributed by atoms with van der Waals surface area (Å²) in [5.41, 5.74) is -0.344. The number of hydrogen-bond donors (Lipinski definition) is 1. The Hall–Kier alpha value is -1.06. The molecule has 130 valence electrons. The van der Waals surface area contributed by atoms with Crippen LogP contribution in [0.15, 0.2) is 0 Å². The van der Waals surface area contributed by atoms with Gasteiger partial charge in [-0.2, -0.15) is 0 Å². The maximum atomic E-state index is 12.8. The van der Waals surface area contributed by atoms with Gasteiger partial charge < -0.3 is 10.1 Å². The average molecular weight is 313 g/mol. The Kier molecular flexibility index (Phi) is 10.9. The average Bonchev–Trinajstić information content (AvgIpc) is 2.50. The van der Waals surface area contributed by atoms with Crippen molar-refractivity contribution in [3.8, 4) is 0 Å². The van der Waals surface area contributed by atoms with Crippen molar-refractivity contribution in [3.63, 3.8) is 0 Å². The van der Waals surface area contributed by atoms with Gasteiger partial charge in [0.25, 0.3) is 0 Å². The van der Waals surface area contributed by atoms with Gasteiger partial charge in [0.15, 0.2) is 5.78 Å². The van der Waals surface area contributed by atoms with Crippen LogP contribution in [-0.4, -0.2) is 25.0 Å². The van der Waals surface area contributed by atoms with Crippen molar-refractivity contribution in [2.24, 2.45) is 5.41 Å². The van der Waals surface area contributed by atoms with Crippen LogP contribution in [-0.2, 0) is 9.53 Å². The Labute approximate surface area is 136 Å². The monoisotopic (exact) mass is 313 g/mol. The molecule has 2 atom stereocenters. The van der Waals surface area contributed by atoms with Gasteiger partial charge in [-0.3, -0.25) is 4.79 Å². The molecule has 0 spiro atoms. The van der Waals surface area contributed by atoms with E-state index in [-0.39, 0.29) is 11.2 Å². The van der Waals surface area contributed by atoms with Crippen LogP contribution in [0.25, 0.3) is 0 Å². The molecule has 22 heavy (non-hydrogen) atoms. The standard InChI is InChI=1S/C18H35NO3/c1-6-8-10-12-14-18(4,13-11-9-7-2)16(20)15(3)19-17(21)22-5/h15H,6-14H2,1-5H3,(H,19,21)/t15-,18?/m1/s1. The summed E-state index contributed by atoms with van der Waals surface area (Å²) in [7, 11) is 1.32. The van der Waals surface area contributed by atoms with Gasteiger partial charge in [-0.15, -0.1) is 0 Å². The second-order valence-electron chi connectivity index (χ2n) is 6.55. The molecule has 1 amide bonds. The quantitative estimate of drug-likeness (QED) is 0.524. The van der Waals surface area contributed by atoms with E-state index in [2.05, 4.69) is 30.8 Å². The summed E-state index contributed by atoms with van der Waals surface area (Å²) in [6.07, 6.45) is 9.30. The molecule has 0 aliphatic rings. The molecule has 0 bridgehead atoms. The number of alkyl carbamates (subject to hydrolysis) is 1. The van der Waals surface area contributed by atoms with Crippen LogP contribution >= 0.6 is 0 Å². The molecule has 0 radical (unpaired) electrons. The summed E-state index contributed by atoms with van der Waals surface area (Å²) in [6, 6.07) is -0.495. The van der Waals surface area contributed by atoms with Crippen LogP contribution in [0.1, 0.15) is 85.5 Å². The molecule has 0 aliphatic carbocycles. The summed E-state index contributed by atoms with van der Waals surface area (Å²) in [5, 5.41) is 2.62. The largest absolute Gasteiger partial charge is 0.453 e. The molecule has 0 rings (SSSR count). The zero-order chi connectivity index (χ0) is 17.0. The minimum Gasteiger partial charge on any atom is -0.453 e. The molecule has 4 heteroatoms.